The number of nitro groups is 1. The van der Waals surface area contributed by atoms with E-state index in [1.807, 2.05) is 0 Å². The van der Waals surface area contributed by atoms with Crippen molar-refractivity contribution in [1.82, 2.24) is 4.90 Å². The van der Waals surface area contributed by atoms with Gasteiger partial charge in [0.05, 0.1) is 23.2 Å². The van der Waals surface area contributed by atoms with Crippen LogP contribution in [-0.4, -0.2) is 28.8 Å². The first-order chi connectivity index (χ1) is 15.0. The van der Waals surface area contributed by atoms with Crippen molar-refractivity contribution in [2.75, 3.05) is 18.4 Å². The number of halogens is 1. The van der Waals surface area contributed by atoms with Crippen LogP contribution in [0.3, 0.4) is 0 Å². The van der Waals surface area contributed by atoms with Gasteiger partial charge in [0.1, 0.15) is 17.3 Å². The second kappa shape index (κ2) is 9.20. The molecule has 1 N–H and O–H groups in total. The lowest BCUT2D eigenvalue weighted by molar-refractivity contribution is -0.384. The van der Waals surface area contributed by atoms with E-state index in [4.69, 9.17) is 20.8 Å². The molecule has 4 rings (SSSR count). The van der Waals surface area contributed by atoms with Gasteiger partial charge in [-0.1, -0.05) is 11.6 Å². The van der Waals surface area contributed by atoms with Crippen molar-refractivity contribution in [3.8, 4) is 11.5 Å². The van der Waals surface area contributed by atoms with Crippen LogP contribution in [0.4, 0.5) is 11.4 Å². The normalized spacial score (nSPS) is 13.8. The van der Waals surface area contributed by atoms with Crippen molar-refractivity contribution in [2.24, 2.45) is 0 Å². The highest BCUT2D eigenvalue weighted by molar-refractivity contribution is 6.30. The number of carbonyl (C=O) groups excluding carboxylic acids is 1. The number of non-ortho nitro benzene ring substituents is 1. The molecule has 0 bridgehead atoms. The van der Waals surface area contributed by atoms with E-state index in [1.165, 1.54) is 31.0 Å². The molecular weight excluding hydrogens is 422 g/mol. The SMILES string of the molecule is O=C(Nc1cc(Oc2ccc(Cl)cc2)cc([N+](=O)[O-])c1)c1ccc(CN2CCCC2)o1. The zero-order valence-corrected chi connectivity index (χ0v) is 17.3. The predicted molar refractivity (Wildman–Crippen MR) is 116 cm³/mol. The van der Waals surface area contributed by atoms with Gasteiger partial charge in [0, 0.05) is 17.2 Å². The van der Waals surface area contributed by atoms with E-state index in [2.05, 4.69) is 10.2 Å². The van der Waals surface area contributed by atoms with Gasteiger partial charge < -0.3 is 14.5 Å². The monoisotopic (exact) mass is 441 g/mol. The van der Waals surface area contributed by atoms with E-state index >= 15 is 0 Å². The predicted octanol–water partition coefficient (Wildman–Crippen LogP) is 5.48. The molecule has 0 saturated carbocycles. The van der Waals surface area contributed by atoms with Gasteiger partial charge in [-0.25, -0.2) is 0 Å². The van der Waals surface area contributed by atoms with E-state index in [-0.39, 0.29) is 22.9 Å². The summed E-state index contributed by atoms with van der Waals surface area (Å²) in [6.07, 6.45) is 2.34. The molecule has 8 nitrogen and oxygen atoms in total. The number of anilines is 1. The molecule has 0 atom stereocenters. The number of ether oxygens (including phenoxy) is 1. The molecule has 1 aliphatic rings. The number of furan rings is 1. The highest BCUT2D eigenvalue weighted by Crippen LogP contribution is 2.30. The average Bonchev–Trinajstić information content (AvgIpc) is 3.42. The second-order valence-electron chi connectivity index (χ2n) is 7.23. The Morgan fingerprint density at radius 2 is 1.84 bits per heavy atom. The highest BCUT2D eigenvalue weighted by Gasteiger charge is 2.18. The molecule has 160 valence electrons. The van der Waals surface area contributed by atoms with Gasteiger partial charge in [-0.2, -0.15) is 0 Å². The van der Waals surface area contributed by atoms with Gasteiger partial charge in [-0.05, 0) is 62.3 Å². The van der Waals surface area contributed by atoms with Crippen molar-refractivity contribution >= 4 is 28.9 Å². The van der Waals surface area contributed by atoms with E-state index in [0.29, 0.717) is 23.1 Å². The van der Waals surface area contributed by atoms with E-state index < -0.39 is 10.8 Å². The number of hydrogen-bond donors (Lipinski definition) is 1. The fourth-order valence-corrected chi connectivity index (χ4v) is 3.52. The largest absolute Gasteiger partial charge is 0.457 e. The number of carbonyl (C=O) groups is 1. The Balaban J connectivity index is 1.49. The Hall–Kier alpha value is -3.36. The number of amides is 1. The van der Waals surface area contributed by atoms with Crippen molar-refractivity contribution in [2.45, 2.75) is 19.4 Å². The molecular formula is C22H20ClN3O5. The maximum Gasteiger partial charge on any atom is 0.291 e. The molecule has 31 heavy (non-hydrogen) atoms. The average molecular weight is 442 g/mol. The van der Waals surface area contributed by atoms with Gasteiger partial charge >= 0.3 is 0 Å². The third-order valence-electron chi connectivity index (χ3n) is 4.87. The van der Waals surface area contributed by atoms with Crippen molar-refractivity contribution in [3.63, 3.8) is 0 Å². The Morgan fingerprint density at radius 3 is 2.55 bits per heavy atom. The lowest BCUT2D eigenvalue weighted by atomic mass is 10.2. The molecule has 0 unspecified atom stereocenters. The maximum absolute atomic E-state index is 12.6. The van der Waals surface area contributed by atoms with Crippen LogP contribution in [0.2, 0.25) is 5.02 Å². The molecule has 1 aromatic heterocycles. The number of nitro benzene ring substituents is 1. The topological polar surface area (TPSA) is 97.8 Å². The second-order valence-corrected chi connectivity index (χ2v) is 7.67. The lowest BCUT2D eigenvalue weighted by Gasteiger charge is -2.11. The molecule has 0 aliphatic carbocycles. The first-order valence-corrected chi connectivity index (χ1v) is 10.2. The number of nitrogens with zero attached hydrogens (tertiary/aromatic N) is 2. The summed E-state index contributed by atoms with van der Waals surface area (Å²) in [6.45, 7) is 2.70. The fraction of sp³-hybridized carbons (Fsp3) is 0.227. The summed E-state index contributed by atoms with van der Waals surface area (Å²) in [7, 11) is 0. The maximum atomic E-state index is 12.6. The van der Waals surface area contributed by atoms with E-state index in [9.17, 15) is 14.9 Å². The van der Waals surface area contributed by atoms with Gasteiger partial charge in [-0.3, -0.25) is 19.8 Å². The summed E-state index contributed by atoms with van der Waals surface area (Å²) in [5, 5.41) is 14.5. The van der Waals surface area contributed by atoms with E-state index in [0.717, 1.165) is 13.1 Å². The molecule has 2 aromatic carbocycles. The Morgan fingerprint density at radius 1 is 1.10 bits per heavy atom. The van der Waals surface area contributed by atoms with Crippen LogP contribution >= 0.6 is 11.6 Å². The first kappa shape index (κ1) is 20.9. The quantitative estimate of drug-likeness (QED) is 0.385. The Kier molecular flexibility index (Phi) is 6.20. The van der Waals surface area contributed by atoms with Crippen molar-refractivity contribution < 1.29 is 18.9 Å². The minimum absolute atomic E-state index is 0.140. The standard InChI is InChI=1S/C22H20ClN3O5/c23-15-3-5-18(6-4-15)30-20-12-16(11-17(13-20)26(28)29)24-22(27)21-8-7-19(31-21)14-25-9-1-2-10-25/h3-8,11-13H,1-2,9-10,14H2,(H,24,27). The molecule has 1 aliphatic heterocycles. The van der Waals surface area contributed by atoms with Crippen LogP contribution in [0.25, 0.3) is 0 Å². The third kappa shape index (κ3) is 5.42. The van der Waals surface area contributed by atoms with Crippen molar-refractivity contribution in [1.29, 1.82) is 0 Å². The highest BCUT2D eigenvalue weighted by atomic mass is 35.5. The number of hydrogen-bond acceptors (Lipinski definition) is 6. The lowest BCUT2D eigenvalue weighted by Crippen LogP contribution is -2.18. The Bertz CT molecular complexity index is 1090. The van der Waals surface area contributed by atoms with Crippen LogP contribution < -0.4 is 10.1 Å². The number of rotatable bonds is 7. The van der Waals surface area contributed by atoms with Crippen LogP contribution in [0.1, 0.15) is 29.2 Å². The Labute approximate surface area is 183 Å². The number of nitrogens with one attached hydrogen (secondary N) is 1. The molecule has 3 aromatic rings. The summed E-state index contributed by atoms with van der Waals surface area (Å²) in [5.74, 6) is 1.02. The third-order valence-corrected chi connectivity index (χ3v) is 5.12. The first-order valence-electron chi connectivity index (χ1n) is 9.81. The summed E-state index contributed by atoms with van der Waals surface area (Å²) >= 11 is 5.87. The van der Waals surface area contributed by atoms with Crippen LogP contribution in [-0.2, 0) is 6.54 Å². The zero-order valence-electron chi connectivity index (χ0n) is 16.5. The molecule has 9 heteroatoms. The van der Waals surface area contributed by atoms with Gasteiger partial charge in [0.15, 0.2) is 5.76 Å². The van der Waals surface area contributed by atoms with Crippen LogP contribution in [0.5, 0.6) is 11.5 Å². The van der Waals surface area contributed by atoms with Crippen LogP contribution in [0.15, 0.2) is 59.0 Å². The smallest absolute Gasteiger partial charge is 0.291 e. The van der Waals surface area contributed by atoms with Crippen molar-refractivity contribution in [3.05, 3.63) is 81.3 Å². The minimum atomic E-state index is -0.550. The summed E-state index contributed by atoms with van der Waals surface area (Å²) in [5.41, 5.74) is 0.0107. The molecule has 1 fully saturated rings. The summed E-state index contributed by atoms with van der Waals surface area (Å²) in [6, 6.07) is 14.0. The van der Waals surface area contributed by atoms with Gasteiger partial charge in [0.25, 0.3) is 11.6 Å². The van der Waals surface area contributed by atoms with Crippen LogP contribution in [0, 0.1) is 10.1 Å². The number of benzene rings is 2. The number of likely N-dealkylation sites (tertiary alicyclic amines) is 1. The fourth-order valence-electron chi connectivity index (χ4n) is 3.40. The van der Waals surface area contributed by atoms with Gasteiger partial charge in [-0.15, -0.1) is 0 Å². The molecule has 0 radical (unpaired) electrons. The zero-order chi connectivity index (χ0) is 21.8. The van der Waals surface area contributed by atoms with E-state index in [1.54, 1.807) is 36.4 Å². The molecule has 1 saturated heterocycles. The molecule has 1 amide bonds. The minimum Gasteiger partial charge on any atom is -0.457 e. The molecule has 0 spiro atoms. The summed E-state index contributed by atoms with van der Waals surface area (Å²) < 4.78 is 11.4. The summed E-state index contributed by atoms with van der Waals surface area (Å²) in [4.78, 5) is 25.6. The van der Waals surface area contributed by atoms with Gasteiger partial charge in [0.2, 0.25) is 0 Å². The molecule has 2 heterocycles.